The molecule has 0 radical (unpaired) electrons. The highest BCUT2D eigenvalue weighted by Crippen LogP contribution is 2.33. The molecule has 90 valence electrons. The second kappa shape index (κ2) is 7.09. The van der Waals surface area contributed by atoms with Gasteiger partial charge in [0.1, 0.15) is 17.2 Å². The van der Waals surface area contributed by atoms with E-state index in [0.29, 0.717) is 5.25 Å². The largest absolute Gasteiger partial charge is 0.396 e. The van der Waals surface area contributed by atoms with Crippen LogP contribution in [0, 0.1) is 0 Å². The summed E-state index contributed by atoms with van der Waals surface area (Å²) in [5.41, 5.74) is 0. The number of hydrogen-bond acceptors (Lipinski definition) is 5. The molecule has 4 nitrogen and oxygen atoms in total. The fraction of sp³-hybridized carbons (Fsp3) is 0.600. The zero-order valence-electron chi connectivity index (χ0n) is 9.40. The van der Waals surface area contributed by atoms with Crippen LogP contribution in [-0.2, 0) is 0 Å². The maximum absolute atomic E-state index is 8.85. The van der Waals surface area contributed by atoms with Gasteiger partial charge in [0.05, 0.1) is 4.47 Å². The van der Waals surface area contributed by atoms with E-state index in [1.54, 1.807) is 18.1 Å². The van der Waals surface area contributed by atoms with E-state index in [1.165, 1.54) is 0 Å². The predicted molar refractivity (Wildman–Crippen MR) is 70.9 cm³/mol. The molecule has 0 aliphatic heterocycles. The van der Waals surface area contributed by atoms with Gasteiger partial charge in [-0.15, -0.1) is 11.8 Å². The minimum Gasteiger partial charge on any atom is -0.396 e. The molecule has 0 aliphatic rings. The Kier molecular flexibility index (Phi) is 6.08. The van der Waals surface area contributed by atoms with Crippen molar-refractivity contribution in [3.05, 3.63) is 10.8 Å². The zero-order chi connectivity index (χ0) is 12.0. The Bertz CT molecular complexity index is 338. The van der Waals surface area contributed by atoms with Crippen molar-refractivity contribution < 1.29 is 5.11 Å². The molecule has 1 rings (SSSR count). The number of nitrogens with zero attached hydrogens (tertiary/aromatic N) is 2. The number of anilines is 1. The topological polar surface area (TPSA) is 58.0 Å². The molecule has 0 spiro atoms. The number of aliphatic hydroxyl groups is 1. The second-order valence-corrected chi connectivity index (χ2v) is 5.53. The van der Waals surface area contributed by atoms with Gasteiger partial charge >= 0.3 is 0 Å². The van der Waals surface area contributed by atoms with Crippen LogP contribution in [0.5, 0.6) is 0 Å². The fourth-order valence-electron chi connectivity index (χ4n) is 1.16. The summed E-state index contributed by atoms with van der Waals surface area (Å²) in [6.45, 7) is 5.13. The van der Waals surface area contributed by atoms with Crippen molar-refractivity contribution in [2.24, 2.45) is 0 Å². The van der Waals surface area contributed by atoms with Crippen LogP contribution in [0.15, 0.2) is 15.8 Å². The first-order valence-corrected chi connectivity index (χ1v) is 6.88. The van der Waals surface area contributed by atoms with Crippen LogP contribution in [0.2, 0.25) is 0 Å². The molecule has 1 atom stereocenters. The van der Waals surface area contributed by atoms with Gasteiger partial charge in [-0.1, -0.05) is 6.92 Å². The molecular weight excluding hydrogens is 290 g/mol. The van der Waals surface area contributed by atoms with E-state index < -0.39 is 0 Å². The van der Waals surface area contributed by atoms with Crippen molar-refractivity contribution >= 4 is 33.5 Å². The summed E-state index contributed by atoms with van der Waals surface area (Å²) < 4.78 is 0.895. The highest BCUT2D eigenvalue weighted by Gasteiger charge is 2.11. The molecule has 1 heterocycles. The number of aromatic nitrogens is 2. The van der Waals surface area contributed by atoms with Gasteiger partial charge in [-0.3, -0.25) is 0 Å². The van der Waals surface area contributed by atoms with E-state index >= 15 is 0 Å². The minimum atomic E-state index is 0.205. The van der Waals surface area contributed by atoms with Crippen LogP contribution in [0.4, 0.5) is 5.82 Å². The van der Waals surface area contributed by atoms with Crippen molar-refractivity contribution in [1.82, 2.24) is 9.97 Å². The van der Waals surface area contributed by atoms with E-state index in [4.69, 9.17) is 5.11 Å². The molecule has 0 amide bonds. The molecule has 1 unspecified atom stereocenters. The minimum absolute atomic E-state index is 0.205. The SMILES string of the molecule is CCNc1ncnc(SC(C)CCO)c1Br. The molecule has 16 heavy (non-hydrogen) atoms. The molecule has 0 bridgehead atoms. The lowest BCUT2D eigenvalue weighted by atomic mass is 10.3. The molecule has 0 aromatic carbocycles. The number of halogens is 1. The summed E-state index contributed by atoms with van der Waals surface area (Å²) >= 11 is 5.13. The summed E-state index contributed by atoms with van der Waals surface area (Å²) in [6, 6.07) is 0. The Balaban J connectivity index is 2.76. The monoisotopic (exact) mass is 305 g/mol. The van der Waals surface area contributed by atoms with Crippen molar-refractivity contribution in [1.29, 1.82) is 0 Å². The normalized spacial score (nSPS) is 12.5. The van der Waals surface area contributed by atoms with E-state index in [0.717, 1.165) is 28.3 Å². The lowest BCUT2D eigenvalue weighted by Crippen LogP contribution is -2.04. The highest BCUT2D eigenvalue weighted by atomic mass is 79.9. The third kappa shape index (κ3) is 3.92. The average molecular weight is 306 g/mol. The number of hydrogen-bond donors (Lipinski definition) is 2. The smallest absolute Gasteiger partial charge is 0.144 e. The van der Waals surface area contributed by atoms with Gasteiger partial charge in [0.25, 0.3) is 0 Å². The lowest BCUT2D eigenvalue weighted by Gasteiger charge is -2.12. The molecule has 0 saturated heterocycles. The fourth-order valence-corrected chi connectivity index (χ4v) is 2.70. The number of aliphatic hydroxyl groups excluding tert-OH is 1. The first-order chi connectivity index (χ1) is 7.69. The van der Waals surface area contributed by atoms with Crippen LogP contribution < -0.4 is 5.32 Å². The van der Waals surface area contributed by atoms with E-state index in [9.17, 15) is 0 Å². The van der Waals surface area contributed by atoms with Gasteiger partial charge in [-0.05, 0) is 29.3 Å². The Morgan fingerprint density at radius 1 is 1.56 bits per heavy atom. The third-order valence-corrected chi connectivity index (χ3v) is 4.13. The Labute approximate surface area is 108 Å². The summed E-state index contributed by atoms with van der Waals surface area (Å²) in [7, 11) is 0. The second-order valence-electron chi connectivity index (χ2n) is 3.31. The van der Waals surface area contributed by atoms with E-state index in [1.807, 2.05) is 6.92 Å². The Hall–Kier alpha value is -0.330. The standard InChI is InChI=1S/C10H16BrN3OS/c1-3-12-9-8(11)10(14-6-13-9)16-7(2)4-5-15/h6-7,15H,3-5H2,1-2H3,(H,12,13,14). The lowest BCUT2D eigenvalue weighted by molar-refractivity contribution is 0.289. The average Bonchev–Trinajstić information content (AvgIpc) is 2.24. The Morgan fingerprint density at radius 2 is 2.31 bits per heavy atom. The molecule has 0 aliphatic carbocycles. The van der Waals surface area contributed by atoms with Crippen LogP contribution >= 0.6 is 27.7 Å². The molecular formula is C10H16BrN3OS. The Morgan fingerprint density at radius 3 is 2.94 bits per heavy atom. The number of rotatable bonds is 6. The van der Waals surface area contributed by atoms with Gasteiger partial charge in [-0.25, -0.2) is 9.97 Å². The van der Waals surface area contributed by atoms with Gasteiger partial charge in [0, 0.05) is 18.4 Å². The van der Waals surface area contributed by atoms with Crippen LogP contribution in [0.25, 0.3) is 0 Å². The van der Waals surface area contributed by atoms with Crippen LogP contribution in [-0.4, -0.2) is 33.5 Å². The van der Waals surface area contributed by atoms with Gasteiger partial charge in [0.2, 0.25) is 0 Å². The van der Waals surface area contributed by atoms with Crippen molar-refractivity contribution in [3.63, 3.8) is 0 Å². The first kappa shape index (κ1) is 13.7. The van der Waals surface area contributed by atoms with Crippen LogP contribution in [0.1, 0.15) is 20.3 Å². The maximum Gasteiger partial charge on any atom is 0.144 e. The maximum atomic E-state index is 8.85. The van der Waals surface area contributed by atoms with E-state index in [2.05, 4.69) is 38.1 Å². The molecule has 1 aromatic rings. The summed E-state index contributed by atoms with van der Waals surface area (Å²) in [6.07, 6.45) is 2.31. The molecule has 6 heteroatoms. The van der Waals surface area contributed by atoms with E-state index in [-0.39, 0.29) is 6.61 Å². The summed E-state index contributed by atoms with van der Waals surface area (Å²) in [5, 5.41) is 13.3. The summed E-state index contributed by atoms with van der Waals surface area (Å²) in [5.74, 6) is 0.816. The van der Waals surface area contributed by atoms with Crippen molar-refractivity contribution in [3.8, 4) is 0 Å². The highest BCUT2D eigenvalue weighted by molar-refractivity contribution is 9.10. The molecule has 1 aromatic heterocycles. The van der Waals surface area contributed by atoms with Crippen molar-refractivity contribution in [2.75, 3.05) is 18.5 Å². The predicted octanol–water partition coefficient (Wildman–Crippen LogP) is 2.53. The first-order valence-electron chi connectivity index (χ1n) is 5.20. The quantitative estimate of drug-likeness (QED) is 0.625. The number of nitrogens with one attached hydrogen (secondary N) is 1. The summed E-state index contributed by atoms with van der Waals surface area (Å²) in [4.78, 5) is 8.38. The molecule has 0 fully saturated rings. The number of thioether (sulfide) groups is 1. The zero-order valence-corrected chi connectivity index (χ0v) is 11.8. The molecule has 2 N–H and O–H groups in total. The van der Waals surface area contributed by atoms with Crippen LogP contribution in [0.3, 0.4) is 0 Å². The van der Waals surface area contributed by atoms with Gasteiger partial charge in [0.15, 0.2) is 0 Å². The van der Waals surface area contributed by atoms with Gasteiger partial charge in [-0.2, -0.15) is 0 Å². The third-order valence-electron chi connectivity index (χ3n) is 1.95. The van der Waals surface area contributed by atoms with Crippen molar-refractivity contribution in [2.45, 2.75) is 30.5 Å². The van der Waals surface area contributed by atoms with Gasteiger partial charge < -0.3 is 10.4 Å². The molecule has 0 saturated carbocycles.